The van der Waals surface area contributed by atoms with Crippen LogP contribution in [0.5, 0.6) is 11.6 Å². The number of aryl methyl sites for hydroxylation is 1. The fourth-order valence-corrected chi connectivity index (χ4v) is 3.70. The van der Waals surface area contributed by atoms with Gasteiger partial charge in [-0.1, -0.05) is 0 Å². The van der Waals surface area contributed by atoms with E-state index in [0.717, 1.165) is 35.4 Å². The van der Waals surface area contributed by atoms with Crippen LogP contribution in [0.2, 0.25) is 0 Å². The van der Waals surface area contributed by atoms with E-state index in [1.54, 1.807) is 18.9 Å². The largest absolute Gasteiger partial charge is 0.497 e. The highest BCUT2D eigenvalue weighted by Gasteiger charge is 2.23. The lowest BCUT2D eigenvalue weighted by atomic mass is 10.1. The van der Waals surface area contributed by atoms with Crippen molar-refractivity contribution in [2.45, 2.75) is 0 Å². The van der Waals surface area contributed by atoms with Crippen LogP contribution < -0.4 is 14.4 Å². The van der Waals surface area contributed by atoms with Gasteiger partial charge in [-0.25, -0.2) is 4.68 Å². The predicted octanol–water partition coefficient (Wildman–Crippen LogP) is 2.55. The molecule has 4 rings (SSSR count). The van der Waals surface area contributed by atoms with E-state index >= 15 is 0 Å². The molecule has 28 heavy (non-hydrogen) atoms. The summed E-state index contributed by atoms with van der Waals surface area (Å²) < 4.78 is 12.3. The topological polar surface area (TPSA) is 59.8 Å². The van der Waals surface area contributed by atoms with Crippen LogP contribution in [-0.2, 0) is 7.05 Å². The number of aromatic nitrogens is 2. The van der Waals surface area contributed by atoms with Crippen molar-refractivity contribution >= 4 is 22.5 Å². The molecule has 7 heteroatoms. The maximum atomic E-state index is 13.0. The number of hydrogen-bond acceptors (Lipinski definition) is 5. The zero-order valence-corrected chi connectivity index (χ0v) is 16.4. The molecular weight excluding hydrogens is 356 g/mol. The van der Waals surface area contributed by atoms with Crippen molar-refractivity contribution in [1.29, 1.82) is 0 Å². The van der Waals surface area contributed by atoms with Gasteiger partial charge in [-0.2, -0.15) is 5.10 Å². The van der Waals surface area contributed by atoms with Gasteiger partial charge in [0.2, 0.25) is 5.88 Å². The van der Waals surface area contributed by atoms with E-state index in [-0.39, 0.29) is 5.91 Å². The number of amides is 1. The van der Waals surface area contributed by atoms with Crippen molar-refractivity contribution in [2.75, 3.05) is 45.3 Å². The van der Waals surface area contributed by atoms with Crippen LogP contribution in [0.25, 0.3) is 10.9 Å². The minimum absolute atomic E-state index is 0.0425. The van der Waals surface area contributed by atoms with Crippen molar-refractivity contribution < 1.29 is 14.3 Å². The molecule has 0 unspecified atom stereocenters. The Bertz CT molecular complexity index is 989. The van der Waals surface area contributed by atoms with E-state index < -0.39 is 0 Å². The van der Waals surface area contributed by atoms with E-state index in [0.29, 0.717) is 24.5 Å². The lowest BCUT2D eigenvalue weighted by Crippen LogP contribution is -2.48. The molecule has 0 atom stereocenters. The number of piperazine rings is 1. The molecule has 1 fully saturated rings. The van der Waals surface area contributed by atoms with Crippen LogP contribution in [-0.4, -0.2) is 61.0 Å². The number of carbonyl (C=O) groups is 1. The standard InChI is InChI=1S/C21H24N4O3/c1-23-21(28-3)18-9-4-15(14-19(18)22-23)20(26)25-12-10-24(11-13-25)16-5-7-17(27-2)8-6-16/h4-9,14H,10-13H2,1-3H3. The lowest BCUT2D eigenvalue weighted by Gasteiger charge is -2.36. The summed E-state index contributed by atoms with van der Waals surface area (Å²) in [5.74, 6) is 1.59. The average molecular weight is 380 g/mol. The number of hydrogen-bond donors (Lipinski definition) is 0. The summed E-state index contributed by atoms with van der Waals surface area (Å²) in [5, 5.41) is 5.35. The molecule has 0 aliphatic carbocycles. The molecular formula is C21H24N4O3. The number of benzene rings is 2. The van der Waals surface area contributed by atoms with E-state index in [1.807, 2.05) is 42.3 Å². The van der Waals surface area contributed by atoms with Gasteiger partial charge in [-0.05, 0) is 42.5 Å². The summed E-state index contributed by atoms with van der Waals surface area (Å²) in [6.07, 6.45) is 0. The quantitative estimate of drug-likeness (QED) is 0.696. The van der Waals surface area contributed by atoms with E-state index in [1.165, 1.54) is 0 Å². The van der Waals surface area contributed by atoms with Gasteiger partial charge in [0.25, 0.3) is 5.91 Å². The van der Waals surface area contributed by atoms with Crippen molar-refractivity contribution in [2.24, 2.45) is 7.05 Å². The summed E-state index contributed by atoms with van der Waals surface area (Å²) in [5.41, 5.74) is 2.57. The maximum Gasteiger partial charge on any atom is 0.254 e. The molecule has 2 aromatic carbocycles. The molecule has 0 N–H and O–H groups in total. The zero-order valence-electron chi connectivity index (χ0n) is 16.4. The molecule has 0 radical (unpaired) electrons. The molecule has 1 aliphatic rings. The number of anilines is 1. The minimum Gasteiger partial charge on any atom is -0.497 e. The molecule has 1 aliphatic heterocycles. The first kappa shape index (κ1) is 18.2. The molecule has 0 saturated carbocycles. The van der Waals surface area contributed by atoms with Gasteiger partial charge in [0.05, 0.1) is 25.1 Å². The Hall–Kier alpha value is -3.22. The number of rotatable bonds is 4. The number of ether oxygens (including phenoxy) is 2. The number of fused-ring (bicyclic) bond motifs is 1. The first-order valence-electron chi connectivity index (χ1n) is 9.29. The SMILES string of the molecule is COc1ccc(N2CCN(C(=O)c3ccc4c(OC)n(C)nc4c3)CC2)cc1. The van der Waals surface area contributed by atoms with Gasteiger partial charge in [-0.15, -0.1) is 0 Å². The number of carbonyl (C=O) groups excluding carboxylic acids is 1. The summed E-state index contributed by atoms with van der Waals surface area (Å²) in [6, 6.07) is 13.6. The summed E-state index contributed by atoms with van der Waals surface area (Å²) in [4.78, 5) is 17.1. The summed E-state index contributed by atoms with van der Waals surface area (Å²) >= 11 is 0. The van der Waals surface area contributed by atoms with Crippen molar-refractivity contribution in [3.8, 4) is 11.6 Å². The third kappa shape index (κ3) is 3.24. The van der Waals surface area contributed by atoms with Gasteiger partial charge >= 0.3 is 0 Å². The number of nitrogens with zero attached hydrogens (tertiary/aromatic N) is 4. The molecule has 146 valence electrons. The van der Waals surface area contributed by atoms with Gasteiger partial charge < -0.3 is 19.3 Å². The highest BCUT2D eigenvalue weighted by Crippen LogP contribution is 2.26. The Balaban J connectivity index is 1.45. The van der Waals surface area contributed by atoms with E-state index in [2.05, 4.69) is 22.1 Å². The van der Waals surface area contributed by atoms with Crippen LogP contribution in [0.1, 0.15) is 10.4 Å². The molecule has 1 amide bonds. The van der Waals surface area contributed by atoms with Crippen LogP contribution in [0, 0.1) is 0 Å². The van der Waals surface area contributed by atoms with Crippen molar-refractivity contribution in [1.82, 2.24) is 14.7 Å². The zero-order chi connectivity index (χ0) is 19.7. The van der Waals surface area contributed by atoms with Gasteiger partial charge in [0.15, 0.2) is 0 Å². The Labute approximate surface area is 164 Å². The molecule has 1 aromatic heterocycles. The van der Waals surface area contributed by atoms with Gasteiger partial charge in [0.1, 0.15) is 5.75 Å². The normalized spacial score (nSPS) is 14.4. The second-order valence-corrected chi connectivity index (χ2v) is 6.84. The second-order valence-electron chi connectivity index (χ2n) is 6.84. The third-order valence-corrected chi connectivity index (χ3v) is 5.22. The van der Waals surface area contributed by atoms with E-state index in [4.69, 9.17) is 9.47 Å². The first-order chi connectivity index (χ1) is 13.6. The molecule has 2 heterocycles. The van der Waals surface area contributed by atoms with E-state index in [9.17, 15) is 4.79 Å². The molecule has 3 aromatic rings. The highest BCUT2D eigenvalue weighted by atomic mass is 16.5. The molecule has 0 bridgehead atoms. The minimum atomic E-state index is 0.0425. The lowest BCUT2D eigenvalue weighted by molar-refractivity contribution is 0.0747. The smallest absolute Gasteiger partial charge is 0.254 e. The van der Waals surface area contributed by atoms with Crippen molar-refractivity contribution in [3.05, 3.63) is 48.0 Å². The fraction of sp³-hybridized carbons (Fsp3) is 0.333. The predicted molar refractivity (Wildman–Crippen MR) is 108 cm³/mol. The number of methoxy groups -OCH3 is 2. The van der Waals surface area contributed by atoms with Crippen LogP contribution in [0.15, 0.2) is 42.5 Å². The van der Waals surface area contributed by atoms with Crippen LogP contribution >= 0.6 is 0 Å². The Morgan fingerprint density at radius 3 is 2.32 bits per heavy atom. The summed E-state index contributed by atoms with van der Waals surface area (Å²) in [6.45, 7) is 2.98. The molecule has 1 saturated heterocycles. The Kier molecular flexibility index (Phi) is 4.81. The van der Waals surface area contributed by atoms with Crippen molar-refractivity contribution in [3.63, 3.8) is 0 Å². The fourth-order valence-electron chi connectivity index (χ4n) is 3.70. The highest BCUT2D eigenvalue weighted by molar-refractivity contribution is 5.98. The Morgan fingerprint density at radius 2 is 1.68 bits per heavy atom. The third-order valence-electron chi connectivity index (χ3n) is 5.22. The van der Waals surface area contributed by atoms with Gasteiger partial charge in [-0.3, -0.25) is 4.79 Å². The Morgan fingerprint density at radius 1 is 0.964 bits per heavy atom. The van der Waals surface area contributed by atoms with Gasteiger partial charge in [0, 0.05) is 44.5 Å². The van der Waals surface area contributed by atoms with Crippen LogP contribution in [0.4, 0.5) is 5.69 Å². The monoisotopic (exact) mass is 380 g/mol. The average Bonchev–Trinajstić information content (AvgIpc) is 3.07. The molecule has 7 nitrogen and oxygen atoms in total. The maximum absolute atomic E-state index is 13.0. The van der Waals surface area contributed by atoms with Crippen LogP contribution in [0.3, 0.4) is 0 Å². The summed E-state index contributed by atoms with van der Waals surface area (Å²) in [7, 11) is 5.12. The molecule has 0 spiro atoms. The first-order valence-corrected chi connectivity index (χ1v) is 9.29. The second kappa shape index (κ2) is 7.42.